The van der Waals surface area contributed by atoms with E-state index in [1.165, 1.54) is 11.8 Å². The summed E-state index contributed by atoms with van der Waals surface area (Å²) in [6.07, 6.45) is 0. The zero-order valence-corrected chi connectivity index (χ0v) is 18.5. The minimum Gasteiger partial charge on any atom is -0.302 e. The van der Waals surface area contributed by atoms with E-state index < -0.39 is 0 Å². The number of hydrogen-bond acceptors (Lipinski definition) is 5. The Labute approximate surface area is 179 Å². The van der Waals surface area contributed by atoms with Crippen LogP contribution in [0.1, 0.15) is 13.8 Å². The van der Waals surface area contributed by atoms with Crippen molar-refractivity contribution in [1.29, 1.82) is 0 Å². The first-order valence-electron chi connectivity index (χ1n) is 9.37. The Morgan fingerprint density at radius 2 is 1.79 bits per heavy atom. The molecule has 1 aromatic heterocycles. The number of carbonyl (C=O) groups excluding carboxylic acids is 1. The molecule has 28 heavy (non-hydrogen) atoms. The summed E-state index contributed by atoms with van der Waals surface area (Å²) in [4.78, 5) is 23.0. The van der Waals surface area contributed by atoms with Crippen LogP contribution in [0.2, 0.25) is 5.02 Å². The first-order chi connectivity index (χ1) is 13.6. The van der Waals surface area contributed by atoms with Crippen LogP contribution in [0.5, 0.6) is 0 Å². The van der Waals surface area contributed by atoms with Gasteiger partial charge in [-0.3, -0.25) is 9.69 Å². The fourth-order valence-electron chi connectivity index (χ4n) is 2.84. The van der Waals surface area contributed by atoms with Crippen LogP contribution in [0.15, 0.2) is 53.4 Å². The molecular formula is C21H24ClN3OS2. The lowest BCUT2D eigenvalue weighted by atomic mass is 10.3. The minimum atomic E-state index is 0.0752. The van der Waals surface area contributed by atoms with Crippen molar-refractivity contribution in [2.24, 2.45) is 0 Å². The maximum Gasteiger partial charge on any atom is 0.239 e. The molecule has 148 valence electrons. The molecule has 1 heterocycles. The highest BCUT2D eigenvalue weighted by molar-refractivity contribution is 8.00. The molecular weight excluding hydrogens is 410 g/mol. The summed E-state index contributed by atoms with van der Waals surface area (Å²) in [5.41, 5.74) is 0.938. The standard InChI is InChI=1S/C21H24ClN3OS2/c1-3-24(4-2)13-14-25(21-23-18-7-5-6-8-19(18)28-21)20(26)15-27-17-11-9-16(22)10-12-17/h5-12H,3-4,13-15H2,1-2H3. The number of amides is 1. The van der Waals surface area contributed by atoms with Gasteiger partial charge in [0, 0.05) is 23.0 Å². The quantitative estimate of drug-likeness (QED) is 0.422. The Morgan fingerprint density at radius 3 is 2.46 bits per heavy atom. The van der Waals surface area contributed by atoms with Crippen LogP contribution in [-0.2, 0) is 4.79 Å². The SMILES string of the molecule is CCN(CC)CCN(C(=O)CSc1ccc(Cl)cc1)c1nc2ccccc2s1. The molecule has 0 atom stereocenters. The highest BCUT2D eigenvalue weighted by Crippen LogP contribution is 2.29. The molecule has 0 fully saturated rings. The third kappa shape index (κ3) is 5.47. The van der Waals surface area contributed by atoms with Gasteiger partial charge in [-0.2, -0.15) is 0 Å². The van der Waals surface area contributed by atoms with Gasteiger partial charge >= 0.3 is 0 Å². The molecule has 7 heteroatoms. The lowest BCUT2D eigenvalue weighted by Crippen LogP contribution is -2.39. The second-order valence-corrected chi connectivity index (χ2v) is 8.77. The fraction of sp³-hybridized carbons (Fsp3) is 0.333. The number of thiazole rings is 1. The van der Waals surface area contributed by atoms with Gasteiger partial charge in [0.1, 0.15) is 0 Å². The Balaban J connectivity index is 1.75. The van der Waals surface area contributed by atoms with Crippen LogP contribution < -0.4 is 4.90 Å². The molecule has 0 aliphatic heterocycles. The first-order valence-corrected chi connectivity index (χ1v) is 11.6. The number of halogens is 1. The highest BCUT2D eigenvalue weighted by atomic mass is 35.5. The topological polar surface area (TPSA) is 36.4 Å². The van der Waals surface area contributed by atoms with Gasteiger partial charge in [-0.1, -0.05) is 48.9 Å². The van der Waals surface area contributed by atoms with Gasteiger partial charge in [0.25, 0.3) is 0 Å². The molecule has 0 saturated carbocycles. The average Bonchev–Trinajstić information content (AvgIpc) is 3.14. The van der Waals surface area contributed by atoms with Gasteiger partial charge in [0.2, 0.25) is 5.91 Å². The minimum absolute atomic E-state index is 0.0752. The zero-order chi connectivity index (χ0) is 19.9. The van der Waals surface area contributed by atoms with Crippen molar-refractivity contribution in [3.63, 3.8) is 0 Å². The Hall–Kier alpha value is -1.60. The van der Waals surface area contributed by atoms with Gasteiger partial charge < -0.3 is 4.90 Å². The first kappa shape index (κ1) is 21.1. The van der Waals surface area contributed by atoms with Crippen molar-refractivity contribution < 1.29 is 4.79 Å². The van der Waals surface area contributed by atoms with Crippen LogP contribution in [0.3, 0.4) is 0 Å². The third-order valence-electron chi connectivity index (χ3n) is 4.52. The van der Waals surface area contributed by atoms with Crippen molar-refractivity contribution >= 4 is 56.0 Å². The molecule has 0 N–H and O–H groups in total. The summed E-state index contributed by atoms with van der Waals surface area (Å²) < 4.78 is 1.10. The third-order valence-corrected chi connectivity index (χ3v) is 6.83. The largest absolute Gasteiger partial charge is 0.302 e. The number of benzene rings is 2. The number of aromatic nitrogens is 1. The Kier molecular flexibility index (Phi) is 7.73. The van der Waals surface area contributed by atoms with Crippen molar-refractivity contribution in [2.45, 2.75) is 18.7 Å². The number of fused-ring (bicyclic) bond motifs is 1. The molecule has 4 nitrogen and oxygen atoms in total. The average molecular weight is 434 g/mol. The molecule has 0 spiro atoms. The zero-order valence-electron chi connectivity index (χ0n) is 16.1. The second-order valence-electron chi connectivity index (χ2n) is 6.28. The van der Waals surface area contributed by atoms with E-state index in [9.17, 15) is 4.79 Å². The maximum absolute atomic E-state index is 13.1. The van der Waals surface area contributed by atoms with E-state index in [1.807, 2.05) is 53.4 Å². The molecule has 1 amide bonds. The Bertz CT molecular complexity index is 876. The van der Waals surface area contributed by atoms with Crippen LogP contribution in [0.25, 0.3) is 10.2 Å². The molecule has 0 radical (unpaired) electrons. The van der Waals surface area contributed by atoms with Gasteiger partial charge in [0.15, 0.2) is 5.13 Å². The predicted molar refractivity (Wildman–Crippen MR) is 122 cm³/mol. The predicted octanol–water partition coefficient (Wildman–Crippen LogP) is 5.42. The monoisotopic (exact) mass is 433 g/mol. The van der Waals surface area contributed by atoms with E-state index in [0.717, 1.165) is 39.9 Å². The van der Waals surface area contributed by atoms with Gasteiger partial charge in [-0.15, -0.1) is 11.8 Å². The van der Waals surface area contributed by atoms with Crippen LogP contribution in [0.4, 0.5) is 5.13 Å². The van der Waals surface area contributed by atoms with E-state index in [1.54, 1.807) is 11.3 Å². The lowest BCUT2D eigenvalue weighted by molar-refractivity contribution is -0.116. The Morgan fingerprint density at radius 1 is 1.07 bits per heavy atom. The van der Waals surface area contributed by atoms with E-state index in [-0.39, 0.29) is 5.91 Å². The second kappa shape index (κ2) is 10.3. The number of carbonyl (C=O) groups is 1. The smallest absolute Gasteiger partial charge is 0.239 e. The summed E-state index contributed by atoms with van der Waals surface area (Å²) in [6, 6.07) is 15.6. The van der Waals surface area contributed by atoms with E-state index >= 15 is 0 Å². The number of thioether (sulfide) groups is 1. The van der Waals surface area contributed by atoms with Crippen LogP contribution in [-0.4, -0.2) is 47.7 Å². The van der Waals surface area contributed by atoms with E-state index in [4.69, 9.17) is 16.6 Å². The summed E-state index contributed by atoms with van der Waals surface area (Å²) >= 11 is 9.05. The molecule has 2 aromatic carbocycles. The number of nitrogens with zero attached hydrogens (tertiary/aromatic N) is 3. The number of anilines is 1. The summed E-state index contributed by atoms with van der Waals surface area (Å²) in [6.45, 7) is 7.70. The molecule has 0 bridgehead atoms. The maximum atomic E-state index is 13.1. The van der Waals surface area contributed by atoms with Crippen molar-refractivity contribution in [2.75, 3.05) is 36.8 Å². The van der Waals surface area contributed by atoms with E-state index in [2.05, 4.69) is 18.7 Å². The summed E-state index contributed by atoms with van der Waals surface area (Å²) in [5, 5.41) is 1.47. The van der Waals surface area contributed by atoms with E-state index in [0.29, 0.717) is 17.3 Å². The normalized spacial score (nSPS) is 11.3. The summed E-state index contributed by atoms with van der Waals surface area (Å²) in [5.74, 6) is 0.446. The lowest BCUT2D eigenvalue weighted by Gasteiger charge is -2.24. The number of likely N-dealkylation sites (N-methyl/N-ethyl adjacent to an activating group) is 1. The molecule has 0 aliphatic carbocycles. The number of rotatable bonds is 9. The van der Waals surface area contributed by atoms with Crippen LogP contribution >= 0.6 is 34.7 Å². The number of hydrogen-bond donors (Lipinski definition) is 0. The van der Waals surface area contributed by atoms with Gasteiger partial charge in [-0.25, -0.2) is 4.98 Å². The van der Waals surface area contributed by atoms with Crippen molar-refractivity contribution in [3.8, 4) is 0 Å². The molecule has 0 unspecified atom stereocenters. The molecule has 0 saturated heterocycles. The molecule has 0 aliphatic rings. The van der Waals surface area contributed by atoms with Gasteiger partial charge in [-0.05, 0) is 49.5 Å². The highest BCUT2D eigenvalue weighted by Gasteiger charge is 2.20. The fourth-order valence-corrected chi connectivity index (χ4v) is 4.75. The van der Waals surface area contributed by atoms with Crippen molar-refractivity contribution in [1.82, 2.24) is 9.88 Å². The molecule has 3 rings (SSSR count). The summed E-state index contributed by atoms with van der Waals surface area (Å²) in [7, 11) is 0. The van der Waals surface area contributed by atoms with Crippen LogP contribution in [0, 0.1) is 0 Å². The molecule has 3 aromatic rings. The number of para-hydroxylation sites is 1. The van der Waals surface area contributed by atoms with Gasteiger partial charge in [0.05, 0.1) is 16.0 Å². The van der Waals surface area contributed by atoms with Crippen molar-refractivity contribution in [3.05, 3.63) is 53.6 Å².